The summed E-state index contributed by atoms with van der Waals surface area (Å²) in [6.07, 6.45) is 3.73. The summed E-state index contributed by atoms with van der Waals surface area (Å²) < 4.78 is 5.37. The topological polar surface area (TPSA) is 26.3 Å². The molecule has 1 aromatic rings. The summed E-state index contributed by atoms with van der Waals surface area (Å²) in [7, 11) is 0. The fourth-order valence-electron chi connectivity index (χ4n) is 1.38. The molecule has 1 heterocycles. The van der Waals surface area contributed by atoms with Gasteiger partial charge in [-0.1, -0.05) is 48.0 Å². The van der Waals surface area contributed by atoms with Crippen molar-refractivity contribution in [3.63, 3.8) is 0 Å². The highest BCUT2D eigenvalue weighted by Gasteiger charge is 2.33. The van der Waals surface area contributed by atoms with E-state index in [2.05, 4.69) is 0 Å². The highest BCUT2D eigenvalue weighted by atomic mass is 35.5. The van der Waals surface area contributed by atoms with E-state index in [1.165, 1.54) is 0 Å². The number of carbonyl (C=O) groups excluding carboxylic acids is 1. The van der Waals surface area contributed by atoms with E-state index in [1.807, 2.05) is 30.3 Å². The number of benzene rings is 1. The number of alkyl halides is 1. The minimum Gasteiger partial charge on any atom is -0.337 e. The molecule has 0 aromatic heterocycles. The predicted octanol–water partition coefficient (Wildman–Crippen LogP) is 2.45. The van der Waals surface area contributed by atoms with Gasteiger partial charge in [0.25, 0.3) is 0 Å². The van der Waals surface area contributed by atoms with Crippen molar-refractivity contribution in [2.24, 2.45) is 0 Å². The van der Waals surface area contributed by atoms with Gasteiger partial charge in [0.1, 0.15) is 6.10 Å². The molecule has 0 fully saturated rings. The van der Waals surface area contributed by atoms with Gasteiger partial charge in [-0.05, 0) is 11.6 Å². The SMILES string of the molecule is O=CC1(Cl)C=CC(c2ccccc2)O1. The van der Waals surface area contributed by atoms with Crippen LogP contribution in [0.3, 0.4) is 0 Å². The fourth-order valence-corrected chi connectivity index (χ4v) is 1.55. The second kappa shape index (κ2) is 3.56. The molecule has 1 aromatic carbocycles. The number of hydrogen-bond acceptors (Lipinski definition) is 2. The van der Waals surface area contributed by atoms with E-state index < -0.39 is 5.06 Å². The van der Waals surface area contributed by atoms with E-state index in [1.54, 1.807) is 12.2 Å². The van der Waals surface area contributed by atoms with Crippen molar-refractivity contribution in [3.05, 3.63) is 48.0 Å². The first-order chi connectivity index (χ1) is 6.73. The molecule has 0 radical (unpaired) electrons. The third-order valence-corrected chi connectivity index (χ3v) is 2.40. The Kier molecular flexibility index (Phi) is 2.40. The van der Waals surface area contributed by atoms with Crippen LogP contribution in [0.1, 0.15) is 11.7 Å². The quantitative estimate of drug-likeness (QED) is 0.424. The minimum atomic E-state index is -1.28. The Labute approximate surface area is 87.1 Å². The van der Waals surface area contributed by atoms with Gasteiger partial charge in [-0.15, -0.1) is 0 Å². The molecule has 0 saturated carbocycles. The lowest BCUT2D eigenvalue weighted by Gasteiger charge is -2.15. The average Bonchev–Trinajstić information content (AvgIpc) is 2.63. The van der Waals surface area contributed by atoms with Crippen molar-refractivity contribution in [2.45, 2.75) is 11.2 Å². The van der Waals surface area contributed by atoms with Gasteiger partial charge in [0.05, 0.1) is 0 Å². The van der Waals surface area contributed by atoms with Crippen LogP contribution in [0, 0.1) is 0 Å². The molecule has 0 saturated heterocycles. The lowest BCUT2D eigenvalue weighted by Crippen LogP contribution is -2.21. The highest BCUT2D eigenvalue weighted by Crippen LogP contribution is 2.34. The number of halogens is 1. The summed E-state index contributed by atoms with van der Waals surface area (Å²) in [6.45, 7) is 0. The summed E-state index contributed by atoms with van der Waals surface area (Å²) >= 11 is 5.82. The first-order valence-corrected chi connectivity index (χ1v) is 4.69. The smallest absolute Gasteiger partial charge is 0.217 e. The summed E-state index contributed by atoms with van der Waals surface area (Å²) in [6, 6.07) is 9.63. The normalized spacial score (nSPS) is 30.5. The Bertz CT molecular complexity index is 361. The van der Waals surface area contributed by atoms with Crippen LogP contribution >= 0.6 is 11.6 Å². The molecule has 0 bridgehead atoms. The van der Waals surface area contributed by atoms with Crippen molar-refractivity contribution in [1.29, 1.82) is 0 Å². The van der Waals surface area contributed by atoms with E-state index in [-0.39, 0.29) is 6.10 Å². The van der Waals surface area contributed by atoms with Gasteiger partial charge in [0, 0.05) is 0 Å². The lowest BCUT2D eigenvalue weighted by atomic mass is 10.1. The standard InChI is InChI=1S/C11H9ClO2/c12-11(8-13)7-6-10(14-11)9-4-2-1-3-5-9/h1-8,10H. The third kappa shape index (κ3) is 1.72. The maximum Gasteiger partial charge on any atom is 0.217 e. The summed E-state index contributed by atoms with van der Waals surface area (Å²) in [5.41, 5.74) is 0.994. The highest BCUT2D eigenvalue weighted by molar-refractivity contribution is 6.32. The molecule has 1 aliphatic heterocycles. The molecule has 2 atom stereocenters. The van der Waals surface area contributed by atoms with E-state index in [4.69, 9.17) is 16.3 Å². The molecule has 0 spiro atoms. The maximum absolute atomic E-state index is 10.6. The molecule has 14 heavy (non-hydrogen) atoms. The zero-order chi connectivity index (χ0) is 10.0. The first-order valence-electron chi connectivity index (χ1n) is 4.31. The molecule has 0 aliphatic carbocycles. The summed E-state index contributed by atoms with van der Waals surface area (Å²) in [5.74, 6) is 0. The molecule has 2 unspecified atom stereocenters. The number of ether oxygens (including phenoxy) is 1. The van der Waals surface area contributed by atoms with Crippen LogP contribution in [-0.4, -0.2) is 11.3 Å². The van der Waals surface area contributed by atoms with Crippen LogP contribution in [0.25, 0.3) is 0 Å². The van der Waals surface area contributed by atoms with Crippen molar-refractivity contribution < 1.29 is 9.53 Å². The molecule has 1 aliphatic rings. The maximum atomic E-state index is 10.6. The Morgan fingerprint density at radius 3 is 2.64 bits per heavy atom. The number of rotatable bonds is 2. The summed E-state index contributed by atoms with van der Waals surface area (Å²) in [5, 5.41) is -1.28. The van der Waals surface area contributed by atoms with Crippen molar-refractivity contribution in [1.82, 2.24) is 0 Å². The largest absolute Gasteiger partial charge is 0.337 e. The minimum absolute atomic E-state index is 0.223. The molecule has 2 nitrogen and oxygen atoms in total. The van der Waals surface area contributed by atoms with Gasteiger partial charge >= 0.3 is 0 Å². The fraction of sp³-hybridized carbons (Fsp3) is 0.182. The van der Waals surface area contributed by atoms with E-state index in [0.29, 0.717) is 6.29 Å². The van der Waals surface area contributed by atoms with Crippen LogP contribution in [0.4, 0.5) is 0 Å². The van der Waals surface area contributed by atoms with E-state index >= 15 is 0 Å². The molecule has 3 heteroatoms. The zero-order valence-corrected chi connectivity index (χ0v) is 8.15. The van der Waals surface area contributed by atoms with Crippen LogP contribution in [0.5, 0.6) is 0 Å². The van der Waals surface area contributed by atoms with Crippen LogP contribution in [0.15, 0.2) is 42.5 Å². The molecular weight excluding hydrogens is 200 g/mol. The zero-order valence-electron chi connectivity index (χ0n) is 7.39. The van der Waals surface area contributed by atoms with Gasteiger partial charge in [-0.3, -0.25) is 4.79 Å². The van der Waals surface area contributed by atoms with Crippen LogP contribution in [0.2, 0.25) is 0 Å². The van der Waals surface area contributed by atoms with E-state index in [9.17, 15) is 4.79 Å². The van der Waals surface area contributed by atoms with Gasteiger partial charge in [0.15, 0.2) is 6.29 Å². The van der Waals surface area contributed by atoms with Gasteiger partial charge in [-0.2, -0.15) is 0 Å². The Morgan fingerprint density at radius 1 is 1.36 bits per heavy atom. The van der Waals surface area contributed by atoms with Crippen LogP contribution in [-0.2, 0) is 9.53 Å². The van der Waals surface area contributed by atoms with Crippen molar-refractivity contribution in [2.75, 3.05) is 0 Å². The summed E-state index contributed by atoms with van der Waals surface area (Å²) in [4.78, 5) is 10.6. The van der Waals surface area contributed by atoms with Gasteiger partial charge in [-0.25, -0.2) is 0 Å². The third-order valence-electron chi connectivity index (χ3n) is 2.09. The average molecular weight is 209 g/mol. The lowest BCUT2D eigenvalue weighted by molar-refractivity contribution is -0.119. The number of hydrogen-bond donors (Lipinski definition) is 0. The van der Waals surface area contributed by atoms with Crippen molar-refractivity contribution in [3.8, 4) is 0 Å². The van der Waals surface area contributed by atoms with Crippen molar-refractivity contribution >= 4 is 17.9 Å². The Hall–Kier alpha value is -1.12. The Morgan fingerprint density at radius 2 is 2.07 bits per heavy atom. The number of carbonyl (C=O) groups is 1. The molecule has 0 amide bonds. The number of aldehydes is 1. The Balaban J connectivity index is 2.19. The molecule has 0 N–H and O–H groups in total. The first kappa shape index (κ1) is 9.44. The predicted molar refractivity (Wildman–Crippen MR) is 54.1 cm³/mol. The van der Waals surface area contributed by atoms with Gasteiger partial charge in [0.2, 0.25) is 5.06 Å². The van der Waals surface area contributed by atoms with Gasteiger partial charge < -0.3 is 4.74 Å². The van der Waals surface area contributed by atoms with E-state index in [0.717, 1.165) is 5.56 Å². The monoisotopic (exact) mass is 208 g/mol. The van der Waals surface area contributed by atoms with Crippen LogP contribution < -0.4 is 0 Å². The second-order valence-electron chi connectivity index (χ2n) is 3.12. The second-order valence-corrected chi connectivity index (χ2v) is 3.71. The molecular formula is C11H9ClO2. The molecule has 2 rings (SSSR count). The molecule has 72 valence electrons.